The number of likely N-dealkylation sites (tertiary alicyclic amines) is 1. The number of likely N-dealkylation sites (N-methyl/N-ethyl adjacent to an activating group) is 1. The van der Waals surface area contributed by atoms with Crippen LogP contribution in [0.25, 0.3) is 0 Å². The summed E-state index contributed by atoms with van der Waals surface area (Å²) in [4.78, 5) is 33.7. The summed E-state index contributed by atoms with van der Waals surface area (Å²) in [7, 11) is 2.16. The summed E-state index contributed by atoms with van der Waals surface area (Å²) < 4.78 is 6.49. The van der Waals surface area contributed by atoms with Gasteiger partial charge in [-0.2, -0.15) is 5.26 Å². The number of alkyl halides is 1. The quantitative estimate of drug-likeness (QED) is 0.354. The summed E-state index contributed by atoms with van der Waals surface area (Å²) in [5.74, 6) is 1.46. The van der Waals surface area contributed by atoms with E-state index in [4.69, 9.17) is 16.3 Å². The zero-order chi connectivity index (χ0) is 29.4. The summed E-state index contributed by atoms with van der Waals surface area (Å²) in [5, 5.41) is 17.2. The lowest BCUT2D eigenvalue weighted by Crippen LogP contribution is -2.74. The number of Topliss-reactive ketones (excluding diaryl/α,β-unsaturated/α-hetero) is 1. The Balaban J connectivity index is 1.22. The van der Waals surface area contributed by atoms with Gasteiger partial charge in [-0.1, -0.05) is 19.4 Å². The Morgan fingerprint density at radius 2 is 1.93 bits per heavy atom. The first-order valence-corrected chi connectivity index (χ1v) is 16.8. The van der Waals surface area contributed by atoms with Crippen molar-refractivity contribution < 1.29 is 14.3 Å². The summed E-state index contributed by atoms with van der Waals surface area (Å²) in [5.41, 5.74) is -0.264. The number of nitriles is 1. The molecule has 232 valence electrons. The molecule has 0 bridgehead atoms. The fourth-order valence-corrected chi connectivity index (χ4v) is 9.93. The molecule has 9 nitrogen and oxygen atoms in total. The molecule has 10 atom stereocenters. The van der Waals surface area contributed by atoms with Gasteiger partial charge in [-0.25, -0.2) is 0 Å². The van der Waals surface area contributed by atoms with E-state index >= 15 is 0 Å². The molecule has 3 aliphatic heterocycles. The van der Waals surface area contributed by atoms with Gasteiger partial charge in [0.15, 0.2) is 12.1 Å². The van der Waals surface area contributed by atoms with Crippen LogP contribution in [0.2, 0.25) is 0 Å². The van der Waals surface area contributed by atoms with Gasteiger partial charge < -0.3 is 14.5 Å². The van der Waals surface area contributed by atoms with Crippen LogP contribution < -0.4 is 10.6 Å². The van der Waals surface area contributed by atoms with Gasteiger partial charge in [0.2, 0.25) is 5.91 Å². The average Bonchev–Trinajstić information content (AvgIpc) is 3.42. The molecule has 1 spiro atoms. The first-order valence-electron chi connectivity index (χ1n) is 16.4. The van der Waals surface area contributed by atoms with Crippen molar-refractivity contribution in [3.8, 4) is 6.07 Å². The Morgan fingerprint density at radius 3 is 2.67 bits per heavy atom. The molecule has 3 aliphatic carbocycles. The van der Waals surface area contributed by atoms with E-state index in [-0.39, 0.29) is 47.3 Å². The van der Waals surface area contributed by atoms with Crippen molar-refractivity contribution >= 4 is 23.3 Å². The van der Waals surface area contributed by atoms with Crippen LogP contribution in [0.4, 0.5) is 0 Å². The third kappa shape index (κ3) is 5.80. The van der Waals surface area contributed by atoms with Crippen LogP contribution in [0.1, 0.15) is 70.6 Å². The molecule has 10 heteroatoms. The summed E-state index contributed by atoms with van der Waals surface area (Å²) in [6.45, 7) is 7.18. The van der Waals surface area contributed by atoms with Crippen LogP contribution in [0.5, 0.6) is 0 Å². The number of piperazine rings is 1. The van der Waals surface area contributed by atoms with Crippen molar-refractivity contribution in [3.63, 3.8) is 0 Å². The number of nitrogens with one attached hydrogen (secondary N) is 2. The molecule has 6 fully saturated rings. The number of carbonyl (C=O) groups is 2. The van der Waals surface area contributed by atoms with Crippen molar-refractivity contribution in [3.05, 3.63) is 12.7 Å². The van der Waals surface area contributed by atoms with Gasteiger partial charge in [0.1, 0.15) is 0 Å². The number of nitrogens with zero attached hydrogens (tertiary/aromatic N) is 4. The average molecular weight is 601 g/mol. The van der Waals surface area contributed by atoms with Gasteiger partial charge >= 0.3 is 0 Å². The molecule has 9 unspecified atom stereocenters. The van der Waals surface area contributed by atoms with Crippen LogP contribution in [0.3, 0.4) is 0 Å². The van der Waals surface area contributed by atoms with E-state index in [1.165, 1.54) is 25.3 Å². The molecule has 6 aliphatic rings. The van der Waals surface area contributed by atoms with E-state index in [9.17, 15) is 14.9 Å². The number of ether oxygens (including phenoxy) is 1. The Morgan fingerprint density at radius 1 is 1.12 bits per heavy atom. The zero-order valence-electron chi connectivity index (χ0n) is 25.2. The number of fused-ring (bicyclic) bond motifs is 2. The maximum absolute atomic E-state index is 14.6. The largest absolute Gasteiger partial charge is 0.348 e. The predicted octanol–water partition coefficient (Wildman–Crippen LogP) is 3.05. The molecule has 3 saturated carbocycles. The number of halogens is 1. The van der Waals surface area contributed by atoms with Gasteiger partial charge in [0.05, 0.1) is 37.3 Å². The number of amides is 1. The summed E-state index contributed by atoms with van der Waals surface area (Å²) >= 11 is 6.78. The topological polar surface area (TPSA) is 101 Å². The third-order valence-electron chi connectivity index (χ3n) is 11.8. The minimum Gasteiger partial charge on any atom is -0.348 e. The number of hydrogen-bond acceptors (Lipinski definition) is 8. The van der Waals surface area contributed by atoms with Crippen molar-refractivity contribution in [2.24, 2.45) is 23.2 Å². The van der Waals surface area contributed by atoms with E-state index in [0.717, 1.165) is 51.5 Å². The van der Waals surface area contributed by atoms with Gasteiger partial charge in [-0.05, 0) is 82.9 Å². The van der Waals surface area contributed by atoms with Crippen molar-refractivity contribution in [2.75, 3.05) is 39.8 Å². The minimum absolute atomic E-state index is 0.0655. The molecule has 0 radical (unpaired) electrons. The van der Waals surface area contributed by atoms with E-state index in [1.807, 2.05) is 0 Å². The van der Waals surface area contributed by atoms with E-state index < -0.39 is 6.35 Å². The molecule has 0 aromatic rings. The highest BCUT2D eigenvalue weighted by Crippen LogP contribution is 2.55. The molecule has 42 heavy (non-hydrogen) atoms. The molecule has 3 saturated heterocycles. The molecule has 0 aromatic heterocycles. The highest BCUT2D eigenvalue weighted by atomic mass is 35.5. The summed E-state index contributed by atoms with van der Waals surface area (Å²) in [6.07, 6.45) is 11.8. The number of hydrogen-bond donors (Lipinski definition) is 2. The lowest BCUT2D eigenvalue weighted by Gasteiger charge is -2.56. The lowest BCUT2D eigenvalue weighted by atomic mass is 9.54. The first-order chi connectivity index (χ1) is 20.3. The molecule has 6 rings (SSSR count). The van der Waals surface area contributed by atoms with Crippen molar-refractivity contribution in [1.82, 2.24) is 25.3 Å². The monoisotopic (exact) mass is 600 g/mol. The maximum atomic E-state index is 14.6. The van der Waals surface area contributed by atoms with Crippen LogP contribution in [-0.2, 0) is 14.3 Å². The standard InChI is InChI=1S/C32H49ClN6O3/c1-3-27(40)39-17-16-38(19-22(39)11-14-34)30-25-10-13-32(12-9-24-21(18-32)6-4-8-26(24)33)29(41)28(25)35-31(36-30)42-20-23-7-5-15-37(23)2/h3,21-26,28,30-31,35-36H,1,4-13,15-20H2,2H3/t21?,22?,23?,24?,25?,26?,28?,30?,31?,32-/m1/s1. The van der Waals surface area contributed by atoms with E-state index in [1.54, 1.807) is 4.90 Å². The van der Waals surface area contributed by atoms with Crippen LogP contribution >= 0.6 is 11.6 Å². The Bertz CT molecular complexity index is 1070. The SMILES string of the molecule is C=CC(=O)N1CCN(C2NC(OCC3CCCN3C)NC3C(=O)[C@]4(CCC5C(Cl)CCCC5C4)CCC32)CC1CC#N. The van der Waals surface area contributed by atoms with Crippen LogP contribution in [0, 0.1) is 34.5 Å². The van der Waals surface area contributed by atoms with E-state index in [0.29, 0.717) is 49.9 Å². The maximum Gasteiger partial charge on any atom is 0.246 e. The second-order valence-electron chi connectivity index (χ2n) is 14.0. The molecule has 3 heterocycles. The first kappa shape index (κ1) is 30.5. The predicted molar refractivity (Wildman–Crippen MR) is 161 cm³/mol. The van der Waals surface area contributed by atoms with E-state index in [2.05, 4.69) is 40.1 Å². The number of ketones is 1. The van der Waals surface area contributed by atoms with Crippen molar-refractivity contribution in [1.29, 1.82) is 5.26 Å². The Labute approximate surface area is 256 Å². The van der Waals surface area contributed by atoms with Gasteiger partial charge in [-0.15, -0.1) is 11.6 Å². The smallest absolute Gasteiger partial charge is 0.246 e. The molecule has 1 amide bonds. The fraction of sp³-hybridized carbons (Fsp3) is 0.844. The Kier molecular flexibility index (Phi) is 9.31. The summed E-state index contributed by atoms with van der Waals surface area (Å²) in [6, 6.07) is 2.19. The molecular formula is C32H49ClN6O3. The van der Waals surface area contributed by atoms with Gasteiger partial charge in [-0.3, -0.25) is 25.1 Å². The number of rotatable bonds is 6. The number of carbonyl (C=O) groups excluding carboxylic acids is 2. The highest BCUT2D eigenvalue weighted by Gasteiger charge is 2.57. The fourth-order valence-electron chi connectivity index (χ4n) is 9.44. The second kappa shape index (κ2) is 12.8. The highest BCUT2D eigenvalue weighted by molar-refractivity contribution is 6.20. The molecular weight excluding hydrogens is 552 g/mol. The minimum atomic E-state index is -0.426. The Hall–Kier alpha value is -1.54. The van der Waals surface area contributed by atoms with Crippen LogP contribution in [0.15, 0.2) is 12.7 Å². The molecule has 0 aromatic carbocycles. The lowest BCUT2D eigenvalue weighted by molar-refractivity contribution is -0.157. The van der Waals surface area contributed by atoms with Gasteiger partial charge in [0.25, 0.3) is 0 Å². The second-order valence-corrected chi connectivity index (χ2v) is 14.5. The van der Waals surface area contributed by atoms with Crippen LogP contribution in [-0.4, -0.2) is 102 Å². The third-order valence-corrected chi connectivity index (χ3v) is 12.3. The normalized spacial score (nSPS) is 43.0. The zero-order valence-corrected chi connectivity index (χ0v) is 25.9. The van der Waals surface area contributed by atoms with Crippen molar-refractivity contribution in [2.45, 2.75) is 107 Å². The van der Waals surface area contributed by atoms with Gasteiger partial charge in [0, 0.05) is 42.4 Å². The molecule has 2 N–H and O–H groups in total.